The van der Waals surface area contributed by atoms with Gasteiger partial charge in [-0.1, -0.05) is 36.8 Å². The summed E-state index contributed by atoms with van der Waals surface area (Å²) in [5, 5.41) is 12.4. The van der Waals surface area contributed by atoms with Crippen LogP contribution < -0.4 is 5.32 Å². The molecule has 0 radical (unpaired) electrons. The molecular formula is C14H19NO3. The molecular weight excluding hydrogens is 230 g/mol. The molecule has 0 saturated heterocycles. The Morgan fingerprint density at radius 2 is 2.00 bits per heavy atom. The van der Waals surface area contributed by atoms with Crippen LogP contribution in [0.5, 0.6) is 0 Å². The van der Waals surface area contributed by atoms with Crippen molar-refractivity contribution in [1.82, 2.24) is 5.32 Å². The molecule has 4 heteroatoms. The van der Waals surface area contributed by atoms with Crippen molar-refractivity contribution in [2.75, 3.05) is 0 Å². The van der Waals surface area contributed by atoms with Gasteiger partial charge in [0.1, 0.15) is 6.10 Å². The third-order valence-corrected chi connectivity index (χ3v) is 3.21. The fraction of sp³-hybridized carbons (Fsp3) is 0.500. The molecule has 2 atom stereocenters. The second-order valence-electron chi connectivity index (χ2n) is 4.63. The van der Waals surface area contributed by atoms with Crippen LogP contribution in [0.3, 0.4) is 0 Å². The zero-order valence-electron chi connectivity index (χ0n) is 10.3. The van der Waals surface area contributed by atoms with E-state index >= 15 is 0 Å². The maximum atomic E-state index is 11.6. The number of ether oxygens (including phenoxy) is 1. The third-order valence-electron chi connectivity index (χ3n) is 3.21. The van der Waals surface area contributed by atoms with Crippen molar-refractivity contribution in [2.45, 2.75) is 44.4 Å². The summed E-state index contributed by atoms with van der Waals surface area (Å²) < 4.78 is 5.23. The molecule has 1 saturated carbocycles. The van der Waals surface area contributed by atoms with Crippen LogP contribution in [0.1, 0.15) is 31.2 Å². The molecule has 0 aliphatic heterocycles. The molecule has 1 aliphatic rings. The summed E-state index contributed by atoms with van der Waals surface area (Å²) in [4.78, 5) is 11.6. The summed E-state index contributed by atoms with van der Waals surface area (Å²) in [5.74, 6) is 0. The van der Waals surface area contributed by atoms with E-state index in [2.05, 4.69) is 5.32 Å². The van der Waals surface area contributed by atoms with E-state index in [4.69, 9.17) is 4.74 Å². The predicted octanol–water partition coefficient (Wildman–Crippen LogP) is 2.22. The maximum Gasteiger partial charge on any atom is 0.407 e. The molecule has 1 amide bonds. The fourth-order valence-corrected chi connectivity index (χ4v) is 2.16. The standard InChI is InChI=1S/C14H19NO3/c16-12-8-4-5-9-13(12)18-14(17)15-10-11-6-2-1-3-7-11/h1-3,6-7,12-13,16H,4-5,8-10H2,(H,15,17)/t12-,13-/m0/s1. The van der Waals surface area contributed by atoms with Crippen LogP contribution in [-0.2, 0) is 11.3 Å². The van der Waals surface area contributed by atoms with Crippen molar-refractivity contribution in [1.29, 1.82) is 0 Å². The molecule has 0 aromatic heterocycles. The average Bonchev–Trinajstić information content (AvgIpc) is 2.40. The lowest BCUT2D eigenvalue weighted by Crippen LogP contribution is -2.37. The molecule has 1 fully saturated rings. The van der Waals surface area contributed by atoms with E-state index in [0.29, 0.717) is 6.54 Å². The normalized spacial score (nSPS) is 23.4. The van der Waals surface area contributed by atoms with E-state index in [1.165, 1.54) is 0 Å². The number of hydrogen-bond donors (Lipinski definition) is 2. The van der Waals surface area contributed by atoms with Crippen LogP contribution in [0.25, 0.3) is 0 Å². The lowest BCUT2D eigenvalue weighted by atomic mass is 9.95. The third kappa shape index (κ3) is 3.74. The smallest absolute Gasteiger partial charge is 0.407 e. The van der Waals surface area contributed by atoms with Gasteiger partial charge in [-0.15, -0.1) is 0 Å². The molecule has 0 bridgehead atoms. The summed E-state index contributed by atoms with van der Waals surface area (Å²) >= 11 is 0. The Morgan fingerprint density at radius 3 is 2.72 bits per heavy atom. The maximum absolute atomic E-state index is 11.6. The van der Waals surface area contributed by atoms with Gasteiger partial charge in [0.2, 0.25) is 0 Å². The van der Waals surface area contributed by atoms with E-state index in [9.17, 15) is 9.90 Å². The molecule has 1 aliphatic carbocycles. The van der Waals surface area contributed by atoms with E-state index in [1.54, 1.807) is 0 Å². The number of nitrogens with one attached hydrogen (secondary N) is 1. The summed E-state index contributed by atoms with van der Waals surface area (Å²) in [6, 6.07) is 9.66. The Bertz CT molecular complexity index is 380. The van der Waals surface area contributed by atoms with E-state index in [-0.39, 0.29) is 6.10 Å². The fourth-order valence-electron chi connectivity index (χ4n) is 2.16. The molecule has 0 heterocycles. The molecule has 0 spiro atoms. The van der Waals surface area contributed by atoms with Gasteiger partial charge in [0.15, 0.2) is 0 Å². The minimum absolute atomic E-state index is 0.352. The van der Waals surface area contributed by atoms with Crippen LogP contribution in [0, 0.1) is 0 Å². The Balaban J connectivity index is 1.75. The Labute approximate surface area is 107 Å². The number of amides is 1. The summed E-state index contributed by atoms with van der Waals surface area (Å²) in [6.07, 6.45) is 2.16. The first-order valence-corrected chi connectivity index (χ1v) is 6.42. The van der Waals surface area contributed by atoms with Crippen LogP contribution in [-0.4, -0.2) is 23.4 Å². The summed E-state index contributed by atoms with van der Waals surface area (Å²) in [7, 11) is 0. The monoisotopic (exact) mass is 249 g/mol. The lowest BCUT2D eigenvalue weighted by molar-refractivity contribution is -0.0212. The first kappa shape index (κ1) is 12.9. The molecule has 18 heavy (non-hydrogen) atoms. The molecule has 98 valence electrons. The van der Waals surface area contributed by atoms with Gasteiger partial charge < -0.3 is 15.2 Å². The highest BCUT2D eigenvalue weighted by Gasteiger charge is 2.26. The van der Waals surface area contributed by atoms with Crippen molar-refractivity contribution in [3.63, 3.8) is 0 Å². The quantitative estimate of drug-likeness (QED) is 0.863. The number of aliphatic hydroxyl groups is 1. The number of carbonyl (C=O) groups is 1. The van der Waals surface area contributed by atoms with Gasteiger partial charge in [0.05, 0.1) is 6.10 Å². The summed E-state index contributed by atoms with van der Waals surface area (Å²) in [6.45, 7) is 0.447. The number of rotatable bonds is 3. The molecule has 2 N–H and O–H groups in total. The van der Waals surface area contributed by atoms with Crippen molar-refractivity contribution in [2.24, 2.45) is 0 Å². The number of aliphatic hydroxyl groups excluding tert-OH is 1. The van der Waals surface area contributed by atoms with Gasteiger partial charge >= 0.3 is 6.09 Å². The zero-order chi connectivity index (χ0) is 12.8. The molecule has 1 aromatic carbocycles. The molecule has 0 unspecified atom stereocenters. The average molecular weight is 249 g/mol. The second-order valence-corrected chi connectivity index (χ2v) is 4.63. The SMILES string of the molecule is O=C(NCc1ccccc1)O[C@H]1CCCC[C@@H]1O. The highest BCUT2D eigenvalue weighted by atomic mass is 16.6. The minimum Gasteiger partial charge on any atom is -0.443 e. The van der Waals surface area contributed by atoms with Gasteiger partial charge in [-0.2, -0.15) is 0 Å². The first-order valence-electron chi connectivity index (χ1n) is 6.42. The zero-order valence-corrected chi connectivity index (χ0v) is 10.3. The van der Waals surface area contributed by atoms with Crippen molar-refractivity contribution >= 4 is 6.09 Å². The van der Waals surface area contributed by atoms with E-state index in [1.807, 2.05) is 30.3 Å². The molecule has 4 nitrogen and oxygen atoms in total. The number of alkyl carbamates (subject to hydrolysis) is 1. The lowest BCUT2D eigenvalue weighted by Gasteiger charge is -2.27. The molecule has 1 aromatic rings. The largest absolute Gasteiger partial charge is 0.443 e. The van der Waals surface area contributed by atoms with Gasteiger partial charge in [-0.05, 0) is 24.8 Å². The second kappa shape index (κ2) is 6.40. The predicted molar refractivity (Wildman–Crippen MR) is 68.0 cm³/mol. The van der Waals surface area contributed by atoms with Crippen molar-refractivity contribution < 1.29 is 14.6 Å². The van der Waals surface area contributed by atoms with Crippen LogP contribution in [0.4, 0.5) is 4.79 Å². The minimum atomic E-state index is -0.513. The van der Waals surface area contributed by atoms with E-state index < -0.39 is 12.2 Å². The highest BCUT2D eigenvalue weighted by molar-refractivity contribution is 5.67. The number of carbonyl (C=O) groups excluding carboxylic acids is 1. The summed E-state index contributed by atoms with van der Waals surface area (Å²) in [5.41, 5.74) is 1.03. The van der Waals surface area contributed by atoms with Gasteiger partial charge in [-0.3, -0.25) is 0 Å². The van der Waals surface area contributed by atoms with E-state index in [0.717, 1.165) is 31.2 Å². The van der Waals surface area contributed by atoms with Gasteiger partial charge in [-0.25, -0.2) is 4.79 Å². The highest BCUT2D eigenvalue weighted by Crippen LogP contribution is 2.21. The number of benzene rings is 1. The topological polar surface area (TPSA) is 58.6 Å². The van der Waals surface area contributed by atoms with Crippen LogP contribution >= 0.6 is 0 Å². The van der Waals surface area contributed by atoms with Crippen molar-refractivity contribution in [3.8, 4) is 0 Å². The van der Waals surface area contributed by atoms with Gasteiger partial charge in [0.25, 0.3) is 0 Å². The Hall–Kier alpha value is -1.55. The van der Waals surface area contributed by atoms with Crippen LogP contribution in [0.15, 0.2) is 30.3 Å². The Morgan fingerprint density at radius 1 is 1.28 bits per heavy atom. The van der Waals surface area contributed by atoms with Crippen LogP contribution in [0.2, 0.25) is 0 Å². The number of hydrogen-bond acceptors (Lipinski definition) is 3. The first-order chi connectivity index (χ1) is 8.75. The van der Waals surface area contributed by atoms with Gasteiger partial charge in [0, 0.05) is 6.54 Å². The van der Waals surface area contributed by atoms with Crippen molar-refractivity contribution in [3.05, 3.63) is 35.9 Å². The Kier molecular flexibility index (Phi) is 4.59. The molecule has 2 rings (SSSR count).